The van der Waals surface area contributed by atoms with Gasteiger partial charge < -0.3 is 4.42 Å². The van der Waals surface area contributed by atoms with Crippen LogP contribution in [0.4, 0.5) is 8.78 Å². The molecule has 114 valence electrons. The molecule has 0 amide bonds. The summed E-state index contributed by atoms with van der Waals surface area (Å²) in [7, 11) is 0. The number of hydrogen-bond acceptors (Lipinski definition) is 3. The van der Waals surface area contributed by atoms with Crippen molar-refractivity contribution in [3.63, 3.8) is 0 Å². The van der Waals surface area contributed by atoms with E-state index >= 15 is 0 Å². The van der Waals surface area contributed by atoms with E-state index in [2.05, 4.69) is 5.10 Å². The first-order valence-corrected chi connectivity index (χ1v) is 6.98. The van der Waals surface area contributed by atoms with Gasteiger partial charge in [-0.25, -0.2) is 8.78 Å². The average Bonchev–Trinajstić information content (AvgIpc) is 2.82. The molecule has 0 aromatic heterocycles. The Balaban J connectivity index is 2.02. The van der Waals surface area contributed by atoms with Crippen LogP contribution in [0.5, 0.6) is 0 Å². The Labute approximate surface area is 132 Å². The van der Waals surface area contributed by atoms with Crippen LogP contribution in [0, 0.1) is 11.6 Å². The minimum atomic E-state index is -0.887. The van der Waals surface area contributed by atoms with E-state index in [9.17, 15) is 13.6 Å². The van der Waals surface area contributed by atoms with Crippen molar-refractivity contribution in [1.82, 2.24) is 9.78 Å². The van der Waals surface area contributed by atoms with Crippen LogP contribution in [0.15, 0.2) is 51.7 Å². The topological polar surface area (TPSA) is 48.0 Å². The Hall–Kier alpha value is -2.73. The molecule has 0 fully saturated rings. The highest BCUT2D eigenvalue weighted by Crippen LogP contribution is 2.27. The fraction of sp³-hybridized carbons (Fsp3) is 0. The van der Waals surface area contributed by atoms with E-state index in [1.54, 1.807) is 24.3 Å². The monoisotopic (exact) mass is 332 g/mol. The van der Waals surface area contributed by atoms with Crippen LogP contribution >= 0.6 is 11.6 Å². The van der Waals surface area contributed by atoms with E-state index in [0.29, 0.717) is 22.1 Å². The van der Waals surface area contributed by atoms with Crippen molar-refractivity contribution < 1.29 is 13.2 Å². The van der Waals surface area contributed by atoms with Gasteiger partial charge in [0.25, 0.3) is 5.56 Å². The van der Waals surface area contributed by atoms with E-state index in [4.69, 9.17) is 16.0 Å². The van der Waals surface area contributed by atoms with Gasteiger partial charge in [-0.2, -0.15) is 4.68 Å². The van der Waals surface area contributed by atoms with Crippen LogP contribution in [0.25, 0.3) is 28.1 Å². The van der Waals surface area contributed by atoms with Gasteiger partial charge in [-0.1, -0.05) is 11.6 Å². The zero-order chi connectivity index (χ0) is 16.1. The third-order valence-electron chi connectivity index (χ3n) is 3.46. The molecule has 2 aromatic carbocycles. The third kappa shape index (κ3) is 2.19. The summed E-state index contributed by atoms with van der Waals surface area (Å²) in [6.07, 6.45) is 0. The number of rotatable bonds is 1. The lowest BCUT2D eigenvalue weighted by Crippen LogP contribution is -2.15. The fourth-order valence-electron chi connectivity index (χ4n) is 2.40. The zero-order valence-electron chi connectivity index (χ0n) is 11.4. The van der Waals surface area contributed by atoms with Gasteiger partial charge in [0.15, 0.2) is 5.82 Å². The summed E-state index contributed by atoms with van der Waals surface area (Å²) in [5.74, 6) is -1.56. The lowest BCUT2D eigenvalue weighted by atomic mass is 10.2. The van der Waals surface area contributed by atoms with E-state index in [-0.39, 0.29) is 17.1 Å². The van der Waals surface area contributed by atoms with Gasteiger partial charge in [0.2, 0.25) is 5.89 Å². The molecule has 4 rings (SSSR count). The van der Waals surface area contributed by atoms with Gasteiger partial charge in [-0.15, -0.1) is 5.10 Å². The maximum absolute atomic E-state index is 13.9. The Morgan fingerprint density at radius 3 is 2.70 bits per heavy atom. The molecule has 4 nitrogen and oxygen atoms in total. The molecule has 0 N–H and O–H groups in total. The highest BCUT2D eigenvalue weighted by molar-refractivity contribution is 6.31. The summed E-state index contributed by atoms with van der Waals surface area (Å²) in [4.78, 5) is 12.4. The van der Waals surface area contributed by atoms with Crippen LogP contribution in [0.2, 0.25) is 5.02 Å². The predicted molar refractivity (Wildman–Crippen MR) is 81.2 cm³/mol. The Bertz CT molecular complexity index is 1090. The molecule has 0 saturated heterocycles. The largest absolute Gasteiger partial charge is 0.436 e. The summed E-state index contributed by atoms with van der Waals surface area (Å²) in [6.45, 7) is 0. The second-order valence-corrected chi connectivity index (χ2v) is 5.40. The molecule has 0 saturated carbocycles. The van der Waals surface area contributed by atoms with Gasteiger partial charge in [-0.05, 0) is 36.4 Å². The number of fused-ring (bicyclic) bond motifs is 2. The predicted octanol–water partition coefficient (Wildman–Crippen LogP) is 4.02. The first kappa shape index (κ1) is 13.9. The highest BCUT2D eigenvalue weighted by atomic mass is 35.5. The summed E-state index contributed by atoms with van der Waals surface area (Å²) in [5, 5.41) is 5.11. The molecule has 2 aliphatic rings. The number of hydrogen-bond donors (Lipinski definition) is 0. The molecule has 0 unspecified atom stereocenters. The molecule has 7 heteroatoms. The average molecular weight is 333 g/mol. The van der Waals surface area contributed by atoms with Gasteiger partial charge in [0.05, 0.1) is 0 Å². The first-order valence-electron chi connectivity index (χ1n) is 6.60. The van der Waals surface area contributed by atoms with Gasteiger partial charge in [0, 0.05) is 16.5 Å². The molecule has 0 bridgehead atoms. The second kappa shape index (κ2) is 4.89. The molecular weight excluding hydrogens is 326 g/mol. The quantitative estimate of drug-likeness (QED) is 0.529. The SMILES string of the molecule is O=c1c2cc3cc(Cl)ccc3oc-2nn1-c1ccc(F)cc1F. The van der Waals surface area contributed by atoms with Gasteiger partial charge in [0.1, 0.15) is 22.7 Å². The molecular formula is C16H7ClF2N2O2. The molecule has 0 radical (unpaired) electrons. The van der Waals surface area contributed by atoms with Crippen molar-refractivity contribution in [1.29, 1.82) is 0 Å². The Morgan fingerprint density at radius 1 is 1.09 bits per heavy atom. The molecule has 0 atom stereocenters. The van der Waals surface area contributed by atoms with Crippen molar-refractivity contribution in [2.45, 2.75) is 0 Å². The molecule has 23 heavy (non-hydrogen) atoms. The van der Waals surface area contributed by atoms with E-state index in [1.165, 1.54) is 0 Å². The number of nitrogens with zero attached hydrogens (tertiary/aromatic N) is 2. The number of halogens is 3. The first-order chi connectivity index (χ1) is 11.0. The maximum atomic E-state index is 13.9. The highest BCUT2D eigenvalue weighted by Gasteiger charge is 2.21. The smallest absolute Gasteiger partial charge is 0.284 e. The lowest BCUT2D eigenvalue weighted by molar-refractivity contribution is 0.565. The summed E-state index contributed by atoms with van der Waals surface area (Å²) in [6, 6.07) is 9.41. The summed E-state index contributed by atoms with van der Waals surface area (Å²) in [5.41, 5.74) is -0.0318. The standard InChI is InChI=1S/C16H7ClF2N2O2/c17-9-1-4-14-8(5-9)6-11-15(23-14)20-21(16(11)22)13-3-2-10(18)7-12(13)19/h1-7H. The van der Waals surface area contributed by atoms with E-state index in [0.717, 1.165) is 16.8 Å². The summed E-state index contributed by atoms with van der Waals surface area (Å²) < 4.78 is 33.3. The van der Waals surface area contributed by atoms with Crippen molar-refractivity contribution in [3.05, 3.63) is 69.5 Å². The van der Waals surface area contributed by atoms with Gasteiger partial charge in [-0.3, -0.25) is 4.79 Å². The van der Waals surface area contributed by atoms with E-state index in [1.807, 2.05) is 0 Å². The van der Waals surface area contributed by atoms with Crippen LogP contribution in [0.3, 0.4) is 0 Å². The number of benzene rings is 2. The molecule has 0 spiro atoms. The molecule has 2 heterocycles. The van der Waals surface area contributed by atoms with Crippen molar-refractivity contribution in [2.75, 3.05) is 0 Å². The zero-order valence-corrected chi connectivity index (χ0v) is 12.1. The van der Waals surface area contributed by atoms with Crippen LogP contribution in [-0.4, -0.2) is 9.78 Å². The minimum Gasteiger partial charge on any atom is -0.436 e. The van der Waals surface area contributed by atoms with Crippen molar-refractivity contribution in [2.24, 2.45) is 0 Å². The third-order valence-corrected chi connectivity index (χ3v) is 3.70. The van der Waals surface area contributed by atoms with Gasteiger partial charge >= 0.3 is 0 Å². The second-order valence-electron chi connectivity index (χ2n) is 4.96. The maximum Gasteiger partial charge on any atom is 0.284 e. The Morgan fingerprint density at radius 2 is 1.91 bits per heavy atom. The van der Waals surface area contributed by atoms with Crippen LogP contribution in [0.1, 0.15) is 0 Å². The van der Waals surface area contributed by atoms with Crippen LogP contribution in [-0.2, 0) is 0 Å². The van der Waals surface area contributed by atoms with E-state index < -0.39 is 17.2 Å². The van der Waals surface area contributed by atoms with Crippen LogP contribution < -0.4 is 5.56 Å². The van der Waals surface area contributed by atoms with Crippen molar-refractivity contribution >= 4 is 22.6 Å². The number of aromatic nitrogens is 2. The fourth-order valence-corrected chi connectivity index (χ4v) is 2.58. The molecule has 0 aliphatic carbocycles. The molecule has 2 aliphatic heterocycles. The lowest BCUT2D eigenvalue weighted by Gasteiger charge is -2.00. The summed E-state index contributed by atoms with van der Waals surface area (Å²) >= 11 is 5.92. The van der Waals surface area contributed by atoms with Crippen molar-refractivity contribution in [3.8, 4) is 17.1 Å². The molecule has 2 aromatic rings. The minimum absolute atomic E-state index is 0.0635. The normalized spacial score (nSPS) is 11.4. The Kier molecular flexibility index (Phi) is 2.96.